The summed E-state index contributed by atoms with van der Waals surface area (Å²) in [5, 5.41) is 18.7. The Bertz CT molecular complexity index is 551. The van der Waals surface area contributed by atoms with E-state index < -0.39 is 23.2 Å². The molecule has 4 aliphatic rings. The van der Waals surface area contributed by atoms with E-state index in [0.717, 1.165) is 0 Å². The van der Waals surface area contributed by atoms with Crippen LogP contribution >= 0.6 is 0 Å². The third kappa shape index (κ3) is 0.974. The molecule has 0 aromatic rings. The molecule has 4 unspecified atom stereocenters. The number of aliphatic imine (C=N–C) groups is 1. The van der Waals surface area contributed by atoms with Crippen LogP contribution in [0.1, 0.15) is 0 Å². The van der Waals surface area contributed by atoms with E-state index in [2.05, 4.69) is 17.1 Å². The summed E-state index contributed by atoms with van der Waals surface area (Å²) in [4.78, 5) is 4.32. The lowest BCUT2D eigenvalue weighted by molar-refractivity contribution is -0.00311. The third-order valence-electron chi connectivity index (χ3n) is 3.43. The van der Waals surface area contributed by atoms with E-state index in [1.54, 1.807) is 24.3 Å². The van der Waals surface area contributed by atoms with Crippen molar-refractivity contribution in [2.75, 3.05) is 7.11 Å². The predicted octanol–water partition coefficient (Wildman–Crippen LogP) is 0.711. The van der Waals surface area contributed by atoms with Crippen molar-refractivity contribution in [3.05, 3.63) is 24.3 Å². The van der Waals surface area contributed by atoms with Crippen molar-refractivity contribution in [1.29, 1.82) is 10.5 Å². The molecule has 4 atom stereocenters. The SMILES string of the molecule is COC1=NC2C=CC1(C#N)C1C=CC2(C#N)O1. The molecule has 0 N–H and O–H groups in total. The maximum Gasteiger partial charge on any atom is 0.211 e. The Morgan fingerprint density at radius 2 is 2.18 bits per heavy atom. The highest BCUT2D eigenvalue weighted by atomic mass is 16.5. The maximum absolute atomic E-state index is 9.41. The molecule has 17 heavy (non-hydrogen) atoms. The van der Waals surface area contributed by atoms with Crippen molar-refractivity contribution in [3.8, 4) is 12.1 Å². The summed E-state index contributed by atoms with van der Waals surface area (Å²) in [5.74, 6) is 0.318. The molecule has 4 aliphatic heterocycles. The normalized spacial score (nSPS) is 44.8. The minimum atomic E-state index is -1.10. The molecule has 0 fully saturated rings. The second-order valence-electron chi connectivity index (χ2n) is 4.23. The Kier molecular flexibility index (Phi) is 1.76. The molecular weight excluding hydrogens is 218 g/mol. The second-order valence-corrected chi connectivity index (χ2v) is 4.23. The molecular formula is C12H9N3O2. The zero-order valence-corrected chi connectivity index (χ0v) is 9.12. The van der Waals surface area contributed by atoms with Crippen LogP contribution < -0.4 is 0 Å². The van der Waals surface area contributed by atoms with Crippen molar-refractivity contribution >= 4 is 5.90 Å². The fourth-order valence-electron chi connectivity index (χ4n) is 2.48. The van der Waals surface area contributed by atoms with Gasteiger partial charge in [0.15, 0.2) is 11.0 Å². The molecule has 4 heterocycles. The number of hydrogen-bond acceptors (Lipinski definition) is 5. The summed E-state index contributed by atoms with van der Waals surface area (Å²) < 4.78 is 10.9. The minimum absolute atomic E-state index is 0.318. The Labute approximate surface area is 98.3 Å². The number of rotatable bonds is 0. The highest BCUT2D eigenvalue weighted by Gasteiger charge is 2.58. The number of nitrogens with zero attached hydrogens (tertiary/aromatic N) is 3. The zero-order chi connectivity index (χ0) is 12.1. The fourth-order valence-corrected chi connectivity index (χ4v) is 2.48. The van der Waals surface area contributed by atoms with Gasteiger partial charge >= 0.3 is 0 Å². The summed E-state index contributed by atoms with van der Waals surface area (Å²) in [6.07, 6.45) is 6.40. The zero-order valence-electron chi connectivity index (χ0n) is 9.12. The fraction of sp³-hybridized carbons (Fsp3) is 0.417. The predicted molar refractivity (Wildman–Crippen MR) is 57.8 cm³/mol. The first-order valence-corrected chi connectivity index (χ1v) is 5.22. The Hall–Kier alpha value is -2.11. The molecule has 0 aromatic carbocycles. The standard InChI is InChI=1S/C12H9N3O2/c1-16-10-11(6-13)4-2-8(15-10)12(7-14)5-3-9(11)17-12/h2-5,8-9H,1H3. The van der Waals surface area contributed by atoms with Crippen LogP contribution in [-0.4, -0.2) is 30.8 Å². The number of nitriles is 2. The Morgan fingerprint density at radius 3 is 2.82 bits per heavy atom. The summed E-state index contributed by atoms with van der Waals surface area (Å²) in [6, 6.07) is 3.87. The summed E-state index contributed by atoms with van der Waals surface area (Å²) >= 11 is 0. The van der Waals surface area contributed by atoms with Gasteiger partial charge in [-0.15, -0.1) is 0 Å². The van der Waals surface area contributed by atoms with Crippen LogP contribution in [0.3, 0.4) is 0 Å². The minimum Gasteiger partial charge on any atom is -0.483 e. The van der Waals surface area contributed by atoms with Gasteiger partial charge in [-0.1, -0.05) is 18.2 Å². The summed E-state index contributed by atoms with van der Waals surface area (Å²) in [7, 11) is 1.48. The van der Waals surface area contributed by atoms with Crippen LogP contribution in [-0.2, 0) is 9.47 Å². The smallest absolute Gasteiger partial charge is 0.211 e. The number of hydrogen-bond donors (Lipinski definition) is 0. The summed E-state index contributed by atoms with van der Waals surface area (Å²) in [6.45, 7) is 0. The van der Waals surface area contributed by atoms with Gasteiger partial charge in [0.05, 0.1) is 13.2 Å². The van der Waals surface area contributed by atoms with Crippen LogP contribution in [0.5, 0.6) is 0 Å². The number of methoxy groups -OCH3 is 1. The van der Waals surface area contributed by atoms with Crippen LogP contribution in [0.25, 0.3) is 0 Å². The van der Waals surface area contributed by atoms with Crippen molar-refractivity contribution in [2.24, 2.45) is 10.4 Å². The summed E-state index contributed by atoms with van der Waals surface area (Å²) in [5.41, 5.74) is -2.14. The van der Waals surface area contributed by atoms with Gasteiger partial charge in [0, 0.05) is 0 Å². The Morgan fingerprint density at radius 1 is 1.35 bits per heavy atom. The topological polar surface area (TPSA) is 78.4 Å². The van der Waals surface area contributed by atoms with E-state index in [0.29, 0.717) is 5.90 Å². The van der Waals surface area contributed by atoms with E-state index in [4.69, 9.17) is 9.47 Å². The van der Waals surface area contributed by atoms with Crippen molar-refractivity contribution < 1.29 is 9.47 Å². The van der Waals surface area contributed by atoms with Gasteiger partial charge in [0.25, 0.3) is 0 Å². The second kappa shape index (κ2) is 2.97. The first-order chi connectivity index (χ1) is 8.20. The van der Waals surface area contributed by atoms with Gasteiger partial charge in [-0.3, -0.25) is 0 Å². The molecule has 4 rings (SSSR count). The van der Waals surface area contributed by atoms with Gasteiger partial charge in [0.1, 0.15) is 18.2 Å². The first-order valence-electron chi connectivity index (χ1n) is 5.22. The molecule has 0 saturated carbocycles. The molecule has 0 amide bonds. The van der Waals surface area contributed by atoms with Gasteiger partial charge in [-0.25, -0.2) is 4.99 Å². The van der Waals surface area contributed by atoms with Crippen LogP contribution in [0.2, 0.25) is 0 Å². The average molecular weight is 227 g/mol. The molecule has 0 spiro atoms. The lowest BCUT2D eigenvalue weighted by Gasteiger charge is -2.28. The largest absolute Gasteiger partial charge is 0.483 e. The monoisotopic (exact) mass is 227 g/mol. The molecule has 5 nitrogen and oxygen atoms in total. The molecule has 0 saturated heterocycles. The van der Waals surface area contributed by atoms with E-state index in [9.17, 15) is 10.5 Å². The highest BCUT2D eigenvalue weighted by Crippen LogP contribution is 2.46. The third-order valence-corrected chi connectivity index (χ3v) is 3.43. The van der Waals surface area contributed by atoms with E-state index >= 15 is 0 Å². The van der Waals surface area contributed by atoms with Gasteiger partial charge in [-0.2, -0.15) is 10.5 Å². The molecule has 84 valence electrons. The van der Waals surface area contributed by atoms with Gasteiger partial charge < -0.3 is 9.47 Å². The van der Waals surface area contributed by atoms with Gasteiger partial charge in [-0.05, 0) is 6.08 Å². The maximum atomic E-state index is 9.41. The van der Waals surface area contributed by atoms with E-state index in [1.165, 1.54) is 7.11 Å². The molecule has 0 aliphatic carbocycles. The molecule has 0 radical (unpaired) electrons. The molecule has 0 aromatic heterocycles. The van der Waals surface area contributed by atoms with Crippen LogP contribution in [0.15, 0.2) is 29.3 Å². The van der Waals surface area contributed by atoms with E-state index in [-0.39, 0.29) is 0 Å². The van der Waals surface area contributed by atoms with Crippen molar-refractivity contribution in [2.45, 2.75) is 17.7 Å². The number of dihydropyridines is 1. The Balaban J connectivity index is 2.24. The van der Waals surface area contributed by atoms with Gasteiger partial charge in [0.2, 0.25) is 5.90 Å². The van der Waals surface area contributed by atoms with E-state index in [1.807, 2.05) is 0 Å². The molecule has 4 bridgehead atoms. The van der Waals surface area contributed by atoms with Crippen molar-refractivity contribution in [1.82, 2.24) is 0 Å². The lowest BCUT2D eigenvalue weighted by atomic mass is 9.79. The first kappa shape index (κ1) is 10.1. The lowest BCUT2D eigenvalue weighted by Crippen LogP contribution is -2.40. The van der Waals surface area contributed by atoms with Crippen molar-refractivity contribution in [3.63, 3.8) is 0 Å². The quantitative estimate of drug-likeness (QED) is 0.571. The number of ether oxygens (including phenoxy) is 2. The highest BCUT2D eigenvalue weighted by molar-refractivity contribution is 5.91. The van der Waals surface area contributed by atoms with Crippen LogP contribution in [0, 0.1) is 28.1 Å². The average Bonchev–Trinajstić information content (AvgIpc) is 2.73. The molecule has 5 heteroatoms. The van der Waals surface area contributed by atoms with Crippen LogP contribution in [0.4, 0.5) is 0 Å².